The molecule has 0 saturated heterocycles. The number of thiophene rings is 2. The van der Waals surface area contributed by atoms with E-state index in [0.717, 1.165) is 32.4 Å². The first-order valence-electron chi connectivity index (χ1n) is 6.21. The zero-order chi connectivity index (χ0) is 13.1. The fraction of sp³-hybridized carbons (Fsp3) is 0.429. The van der Waals surface area contributed by atoms with Gasteiger partial charge in [-0.15, -0.1) is 22.7 Å². The van der Waals surface area contributed by atoms with Gasteiger partial charge in [-0.3, -0.25) is 0 Å². The Hall–Kier alpha value is -0.680. The van der Waals surface area contributed by atoms with E-state index in [9.17, 15) is 10.2 Å². The predicted octanol–water partition coefficient (Wildman–Crippen LogP) is 4.36. The number of hydrogen-bond acceptors (Lipinski definition) is 4. The van der Waals surface area contributed by atoms with E-state index in [0.29, 0.717) is 0 Å². The minimum Gasteiger partial charge on any atom is -0.388 e. The molecule has 2 rings (SSSR count). The molecule has 0 bridgehead atoms. The predicted molar refractivity (Wildman–Crippen MR) is 78.1 cm³/mol. The third-order valence-corrected chi connectivity index (χ3v) is 5.50. The van der Waals surface area contributed by atoms with Gasteiger partial charge in [-0.25, -0.2) is 0 Å². The van der Waals surface area contributed by atoms with E-state index in [1.165, 1.54) is 0 Å². The molecule has 98 valence electrons. The quantitative estimate of drug-likeness (QED) is 0.855. The maximum Gasteiger partial charge on any atom is 0.0879 e. The highest BCUT2D eigenvalue weighted by molar-refractivity contribution is 7.22. The molecule has 2 unspecified atom stereocenters. The van der Waals surface area contributed by atoms with E-state index in [1.807, 2.05) is 38.1 Å². The van der Waals surface area contributed by atoms with Crippen molar-refractivity contribution in [1.29, 1.82) is 0 Å². The third kappa shape index (κ3) is 2.83. The van der Waals surface area contributed by atoms with Crippen molar-refractivity contribution in [3.63, 3.8) is 0 Å². The Kier molecular flexibility index (Phi) is 4.56. The second-order valence-corrected chi connectivity index (χ2v) is 6.48. The van der Waals surface area contributed by atoms with Gasteiger partial charge in [0.15, 0.2) is 0 Å². The summed E-state index contributed by atoms with van der Waals surface area (Å²) in [5.74, 6) is 0. The van der Waals surface area contributed by atoms with Gasteiger partial charge in [0, 0.05) is 19.5 Å². The largest absolute Gasteiger partial charge is 0.388 e. The summed E-state index contributed by atoms with van der Waals surface area (Å²) in [6, 6.07) is 8.08. The molecule has 0 aliphatic rings. The lowest BCUT2D eigenvalue weighted by Crippen LogP contribution is -1.89. The molecule has 4 heteroatoms. The molecular weight excluding hydrogens is 264 g/mol. The van der Waals surface area contributed by atoms with E-state index in [2.05, 4.69) is 0 Å². The summed E-state index contributed by atoms with van der Waals surface area (Å²) in [4.78, 5) is 4.35. The lowest BCUT2D eigenvalue weighted by molar-refractivity contribution is 0.177. The van der Waals surface area contributed by atoms with Crippen LogP contribution in [0.4, 0.5) is 0 Å². The van der Waals surface area contributed by atoms with Crippen LogP contribution in [0, 0.1) is 0 Å². The van der Waals surface area contributed by atoms with E-state index in [1.54, 1.807) is 22.7 Å². The molecule has 2 aromatic heterocycles. The van der Waals surface area contributed by atoms with Crippen molar-refractivity contribution in [2.75, 3.05) is 0 Å². The van der Waals surface area contributed by atoms with Crippen LogP contribution in [0.1, 0.15) is 48.7 Å². The van der Waals surface area contributed by atoms with Crippen LogP contribution in [0.25, 0.3) is 9.75 Å². The molecule has 2 N–H and O–H groups in total. The third-order valence-electron chi connectivity index (χ3n) is 2.93. The fourth-order valence-corrected chi connectivity index (χ4v) is 3.98. The van der Waals surface area contributed by atoms with E-state index < -0.39 is 0 Å². The zero-order valence-corrected chi connectivity index (χ0v) is 12.2. The Balaban J connectivity index is 2.21. The van der Waals surface area contributed by atoms with Gasteiger partial charge in [0.05, 0.1) is 12.2 Å². The molecule has 0 fully saturated rings. The normalized spacial score (nSPS) is 14.7. The average Bonchev–Trinajstić information content (AvgIpc) is 3.04. The van der Waals surface area contributed by atoms with Gasteiger partial charge < -0.3 is 10.2 Å². The minimum absolute atomic E-state index is 0.357. The fourth-order valence-electron chi connectivity index (χ4n) is 1.73. The van der Waals surface area contributed by atoms with Crippen molar-refractivity contribution in [1.82, 2.24) is 0 Å². The number of aliphatic hydroxyl groups excluding tert-OH is 2. The van der Waals surface area contributed by atoms with Crippen LogP contribution in [-0.4, -0.2) is 10.2 Å². The van der Waals surface area contributed by atoms with Crippen molar-refractivity contribution in [3.8, 4) is 9.75 Å². The number of hydrogen-bond donors (Lipinski definition) is 2. The van der Waals surface area contributed by atoms with Gasteiger partial charge in [-0.1, -0.05) is 13.8 Å². The van der Waals surface area contributed by atoms with E-state index in [-0.39, 0.29) is 12.2 Å². The Labute approximate surface area is 116 Å². The number of rotatable bonds is 5. The Morgan fingerprint density at radius 3 is 1.56 bits per heavy atom. The van der Waals surface area contributed by atoms with E-state index in [4.69, 9.17) is 0 Å². The first kappa shape index (κ1) is 13.7. The highest BCUT2D eigenvalue weighted by atomic mass is 32.1. The summed E-state index contributed by atoms with van der Waals surface area (Å²) >= 11 is 3.26. The molecule has 0 aliphatic heterocycles. The standard InChI is InChI=1S/C14H18O2S2/c1-3-9(15)11-5-7-13(17-11)14-8-6-12(18-14)10(16)4-2/h5-10,15-16H,3-4H2,1-2H3. The molecule has 0 spiro atoms. The number of aliphatic hydroxyl groups is 2. The van der Waals surface area contributed by atoms with Crippen LogP contribution in [0.2, 0.25) is 0 Å². The molecule has 0 aromatic carbocycles. The Morgan fingerprint density at radius 1 is 0.833 bits per heavy atom. The summed E-state index contributed by atoms with van der Waals surface area (Å²) in [7, 11) is 0. The first-order valence-corrected chi connectivity index (χ1v) is 7.85. The van der Waals surface area contributed by atoms with Crippen molar-refractivity contribution < 1.29 is 10.2 Å². The maximum absolute atomic E-state index is 9.79. The van der Waals surface area contributed by atoms with Crippen molar-refractivity contribution in [2.24, 2.45) is 0 Å². The second kappa shape index (κ2) is 5.97. The topological polar surface area (TPSA) is 40.5 Å². The molecule has 2 nitrogen and oxygen atoms in total. The van der Waals surface area contributed by atoms with Gasteiger partial charge in [0.2, 0.25) is 0 Å². The second-order valence-electron chi connectivity index (χ2n) is 4.25. The molecular formula is C14H18O2S2. The van der Waals surface area contributed by atoms with Crippen LogP contribution in [0.3, 0.4) is 0 Å². The van der Waals surface area contributed by atoms with Crippen molar-refractivity contribution in [3.05, 3.63) is 34.0 Å². The Bertz CT molecular complexity index is 455. The summed E-state index contributed by atoms with van der Waals surface area (Å²) < 4.78 is 0. The maximum atomic E-state index is 9.79. The summed E-state index contributed by atoms with van der Waals surface area (Å²) in [6.07, 6.45) is 0.766. The van der Waals surface area contributed by atoms with Crippen LogP contribution in [0.15, 0.2) is 24.3 Å². The SMILES string of the molecule is CCC(O)c1ccc(-c2ccc(C(O)CC)s2)s1. The lowest BCUT2D eigenvalue weighted by atomic mass is 10.2. The van der Waals surface area contributed by atoms with Crippen LogP contribution < -0.4 is 0 Å². The van der Waals surface area contributed by atoms with Crippen LogP contribution >= 0.6 is 22.7 Å². The zero-order valence-electron chi connectivity index (χ0n) is 10.6. The molecule has 18 heavy (non-hydrogen) atoms. The smallest absolute Gasteiger partial charge is 0.0879 e. The summed E-state index contributed by atoms with van der Waals surface area (Å²) in [5.41, 5.74) is 0. The van der Waals surface area contributed by atoms with Gasteiger partial charge in [0.25, 0.3) is 0 Å². The van der Waals surface area contributed by atoms with Crippen molar-refractivity contribution in [2.45, 2.75) is 38.9 Å². The van der Waals surface area contributed by atoms with Crippen LogP contribution in [-0.2, 0) is 0 Å². The minimum atomic E-state index is -0.357. The summed E-state index contributed by atoms with van der Waals surface area (Å²) in [5, 5.41) is 19.6. The van der Waals surface area contributed by atoms with E-state index >= 15 is 0 Å². The Morgan fingerprint density at radius 2 is 1.22 bits per heavy atom. The van der Waals surface area contributed by atoms with Crippen LogP contribution in [0.5, 0.6) is 0 Å². The van der Waals surface area contributed by atoms with Gasteiger partial charge in [0.1, 0.15) is 0 Å². The summed E-state index contributed by atoms with van der Waals surface area (Å²) in [6.45, 7) is 3.95. The van der Waals surface area contributed by atoms with Gasteiger partial charge >= 0.3 is 0 Å². The molecule has 0 amide bonds. The average molecular weight is 282 g/mol. The highest BCUT2D eigenvalue weighted by Gasteiger charge is 2.13. The van der Waals surface area contributed by atoms with Gasteiger partial charge in [-0.05, 0) is 37.1 Å². The molecule has 2 aromatic rings. The highest BCUT2D eigenvalue weighted by Crippen LogP contribution is 2.38. The molecule has 2 atom stereocenters. The van der Waals surface area contributed by atoms with Gasteiger partial charge in [-0.2, -0.15) is 0 Å². The monoisotopic (exact) mass is 282 g/mol. The molecule has 0 radical (unpaired) electrons. The molecule has 0 saturated carbocycles. The molecule has 2 heterocycles. The molecule has 0 aliphatic carbocycles. The lowest BCUT2D eigenvalue weighted by Gasteiger charge is -2.03. The van der Waals surface area contributed by atoms with Crippen molar-refractivity contribution >= 4 is 22.7 Å². The first-order chi connectivity index (χ1) is 8.65.